The predicted molar refractivity (Wildman–Crippen MR) is 65.2 cm³/mol. The zero-order valence-corrected chi connectivity index (χ0v) is 10.2. The minimum Gasteiger partial charge on any atom is -0.365 e. The predicted octanol–water partition coefficient (Wildman–Crippen LogP) is 0.939. The fraction of sp³-hybridized carbons (Fsp3) is 0.500. The van der Waals surface area contributed by atoms with E-state index in [2.05, 4.69) is 5.32 Å². The molecule has 90 valence electrons. The van der Waals surface area contributed by atoms with Gasteiger partial charge in [-0.15, -0.1) is 11.3 Å². The molecular formula is C12H14N2O2S. The van der Waals surface area contributed by atoms with Gasteiger partial charge in [0.2, 0.25) is 5.91 Å². The average Bonchev–Trinajstić information content (AvgIpc) is 2.91. The fourth-order valence-corrected chi connectivity index (χ4v) is 4.21. The number of primary amides is 1. The van der Waals surface area contributed by atoms with Gasteiger partial charge in [-0.25, -0.2) is 0 Å². The Kier molecular flexibility index (Phi) is 2.43. The first kappa shape index (κ1) is 10.8. The maximum atomic E-state index is 11.7. The van der Waals surface area contributed by atoms with Crippen molar-refractivity contribution < 1.29 is 9.59 Å². The van der Waals surface area contributed by atoms with Crippen LogP contribution in [0.15, 0.2) is 0 Å². The van der Waals surface area contributed by atoms with Crippen LogP contribution in [0.5, 0.6) is 0 Å². The third-order valence-electron chi connectivity index (χ3n) is 3.59. The molecule has 0 spiro atoms. The number of carbonyl (C=O) groups is 2. The van der Waals surface area contributed by atoms with Crippen LogP contribution in [-0.2, 0) is 17.6 Å². The van der Waals surface area contributed by atoms with Crippen LogP contribution in [0.25, 0.3) is 0 Å². The molecule has 1 saturated heterocycles. The molecule has 0 aromatic carbocycles. The zero-order valence-electron chi connectivity index (χ0n) is 9.41. The number of hydrogen-bond acceptors (Lipinski definition) is 3. The molecular weight excluding hydrogens is 236 g/mol. The van der Waals surface area contributed by atoms with E-state index in [4.69, 9.17) is 5.73 Å². The van der Waals surface area contributed by atoms with Crippen molar-refractivity contribution in [2.45, 2.75) is 31.6 Å². The van der Waals surface area contributed by atoms with E-state index in [9.17, 15) is 9.59 Å². The molecule has 1 aliphatic heterocycles. The first-order valence-corrected chi connectivity index (χ1v) is 6.72. The van der Waals surface area contributed by atoms with Crippen molar-refractivity contribution in [2.75, 3.05) is 6.54 Å². The van der Waals surface area contributed by atoms with Crippen LogP contribution in [0, 0.1) is 0 Å². The Labute approximate surface area is 103 Å². The Morgan fingerprint density at radius 2 is 2.12 bits per heavy atom. The first-order valence-electron chi connectivity index (χ1n) is 5.90. The summed E-state index contributed by atoms with van der Waals surface area (Å²) in [6, 6.07) is 0. The standard InChI is InChI=1S/C12H14N2O2S/c13-11(15)10-7-3-1-2-6(7)9(17-10)8-4-5-14-12(8)16/h8H,1-5H2,(H2,13,15)(H,14,16)/t8-/m0/s1. The number of fused-ring (bicyclic) bond motifs is 1. The highest BCUT2D eigenvalue weighted by molar-refractivity contribution is 7.14. The molecule has 1 aromatic rings. The summed E-state index contributed by atoms with van der Waals surface area (Å²) in [6.07, 6.45) is 3.82. The minimum atomic E-state index is -0.349. The van der Waals surface area contributed by atoms with Crippen LogP contribution >= 0.6 is 11.3 Å². The number of hydrogen-bond donors (Lipinski definition) is 2. The largest absolute Gasteiger partial charge is 0.365 e. The fourth-order valence-electron chi connectivity index (χ4n) is 2.82. The van der Waals surface area contributed by atoms with Crippen molar-refractivity contribution in [3.63, 3.8) is 0 Å². The van der Waals surface area contributed by atoms with Crippen LogP contribution in [0.1, 0.15) is 44.4 Å². The number of nitrogens with one attached hydrogen (secondary N) is 1. The molecule has 2 aliphatic rings. The summed E-state index contributed by atoms with van der Waals surface area (Å²) in [4.78, 5) is 24.9. The summed E-state index contributed by atoms with van der Waals surface area (Å²) >= 11 is 1.44. The molecule has 2 heterocycles. The second-order valence-electron chi connectivity index (χ2n) is 4.60. The van der Waals surface area contributed by atoms with Gasteiger partial charge in [0.15, 0.2) is 0 Å². The van der Waals surface area contributed by atoms with E-state index in [0.29, 0.717) is 4.88 Å². The van der Waals surface area contributed by atoms with Gasteiger partial charge >= 0.3 is 0 Å². The molecule has 2 amide bonds. The Bertz CT molecular complexity index is 507. The van der Waals surface area contributed by atoms with Crippen LogP contribution in [0.4, 0.5) is 0 Å². The lowest BCUT2D eigenvalue weighted by Gasteiger charge is -2.05. The topological polar surface area (TPSA) is 72.2 Å². The molecule has 17 heavy (non-hydrogen) atoms. The van der Waals surface area contributed by atoms with Gasteiger partial charge in [-0.3, -0.25) is 9.59 Å². The van der Waals surface area contributed by atoms with E-state index < -0.39 is 0 Å². The molecule has 1 atom stereocenters. The van der Waals surface area contributed by atoms with Crippen molar-refractivity contribution in [1.82, 2.24) is 5.32 Å². The minimum absolute atomic E-state index is 0.0556. The highest BCUT2D eigenvalue weighted by Gasteiger charge is 2.34. The number of amides is 2. The summed E-state index contributed by atoms with van der Waals surface area (Å²) in [7, 11) is 0. The van der Waals surface area contributed by atoms with Crippen LogP contribution in [0.3, 0.4) is 0 Å². The van der Waals surface area contributed by atoms with Crippen molar-refractivity contribution in [1.29, 1.82) is 0 Å². The number of carbonyl (C=O) groups excluding carboxylic acids is 2. The smallest absolute Gasteiger partial charge is 0.259 e. The molecule has 3 rings (SSSR count). The van der Waals surface area contributed by atoms with Gasteiger partial charge in [0.25, 0.3) is 5.91 Å². The van der Waals surface area contributed by atoms with Gasteiger partial charge in [0.1, 0.15) is 0 Å². The third kappa shape index (κ3) is 1.57. The van der Waals surface area contributed by atoms with E-state index in [1.165, 1.54) is 16.9 Å². The van der Waals surface area contributed by atoms with Crippen molar-refractivity contribution in [3.8, 4) is 0 Å². The van der Waals surface area contributed by atoms with Gasteiger partial charge in [-0.05, 0) is 36.8 Å². The third-order valence-corrected chi connectivity index (χ3v) is 4.99. The number of rotatable bonds is 2. The zero-order chi connectivity index (χ0) is 12.0. The Hall–Kier alpha value is -1.36. The van der Waals surface area contributed by atoms with E-state index in [-0.39, 0.29) is 17.7 Å². The van der Waals surface area contributed by atoms with Crippen LogP contribution < -0.4 is 11.1 Å². The summed E-state index contributed by atoms with van der Waals surface area (Å²) in [5.74, 6) is -0.310. The maximum absolute atomic E-state index is 11.7. The number of thiophene rings is 1. The molecule has 0 saturated carbocycles. The summed E-state index contributed by atoms with van der Waals surface area (Å²) in [6.45, 7) is 0.738. The normalized spacial score (nSPS) is 22.6. The maximum Gasteiger partial charge on any atom is 0.259 e. The van der Waals surface area contributed by atoms with Gasteiger partial charge in [-0.2, -0.15) is 0 Å². The van der Waals surface area contributed by atoms with E-state index in [1.54, 1.807) is 0 Å². The SMILES string of the molecule is NC(=O)c1sc([C@@H]2CCNC2=O)c2c1CCC2. The molecule has 0 unspecified atom stereocenters. The molecule has 1 fully saturated rings. The molecule has 4 nitrogen and oxygen atoms in total. The van der Waals surface area contributed by atoms with Crippen LogP contribution in [0.2, 0.25) is 0 Å². The highest BCUT2D eigenvalue weighted by Crippen LogP contribution is 2.41. The summed E-state index contributed by atoms with van der Waals surface area (Å²) in [5.41, 5.74) is 7.74. The van der Waals surface area contributed by atoms with E-state index in [1.807, 2.05) is 0 Å². The van der Waals surface area contributed by atoms with Crippen molar-refractivity contribution in [3.05, 3.63) is 20.9 Å². The Morgan fingerprint density at radius 1 is 1.35 bits per heavy atom. The van der Waals surface area contributed by atoms with E-state index in [0.717, 1.165) is 42.7 Å². The number of nitrogens with two attached hydrogens (primary N) is 1. The van der Waals surface area contributed by atoms with E-state index >= 15 is 0 Å². The van der Waals surface area contributed by atoms with Gasteiger partial charge < -0.3 is 11.1 Å². The molecule has 1 aliphatic carbocycles. The quantitative estimate of drug-likeness (QED) is 0.820. The second kappa shape index (κ2) is 3.84. The van der Waals surface area contributed by atoms with Crippen LogP contribution in [-0.4, -0.2) is 18.4 Å². The molecule has 5 heteroatoms. The van der Waals surface area contributed by atoms with Gasteiger partial charge in [0.05, 0.1) is 10.8 Å². The lowest BCUT2D eigenvalue weighted by Crippen LogP contribution is -2.17. The van der Waals surface area contributed by atoms with Crippen molar-refractivity contribution in [2.24, 2.45) is 5.73 Å². The second-order valence-corrected chi connectivity index (χ2v) is 5.65. The van der Waals surface area contributed by atoms with Gasteiger partial charge in [-0.1, -0.05) is 0 Å². The molecule has 3 N–H and O–H groups in total. The lowest BCUT2D eigenvalue weighted by atomic mass is 10.0. The monoisotopic (exact) mass is 250 g/mol. The van der Waals surface area contributed by atoms with Gasteiger partial charge in [0, 0.05) is 11.4 Å². The average molecular weight is 250 g/mol. The highest BCUT2D eigenvalue weighted by atomic mass is 32.1. The summed E-state index contributed by atoms with van der Waals surface area (Å²) in [5, 5.41) is 2.85. The van der Waals surface area contributed by atoms with Crippen molar-refractivity contribution >= 4 is 23.2 Å². The Morgan fingerprint density at radius 3 is 2.76 bits per heavy atom. The summed E-state index contributed by atoms with van der Waals surface area (Å²) < 4.78 is 0. The molecule has 0 radical (unpaired) electrons. The lowest BCUT2D eigenvalue weighted by molar-refractivity contribution is -0.120. The molecule has 0 bridgehead atoms. The Balaban J connectivity index is 2.08. The first-order chi connectivity index (χ1) is 8.18. The molecule has 1 aromatic heterocycles.